The van der Waals surface area contributed by atoms with E-state index in [1.54, 1.807) is 10.4 Å². The number of thiophene rings is 1. The summed E-state index contributed by atoms with van der Waals surface area (Å²) in [6, 6.07) is 2.89. The third-order valence-electron chi connectivity index (χ3n) is 4.38. The van der Waals surface area contributed by atoms with Crippen molar-refractivity contribution in [2.75, 3.05) is 32.8 Å². The fraction of sp³-hybridized carbons (Fsp3) is 0.733. The maximum Gasteiger partial charge on any atom is 0.0700 e. The Labute approximate surface area is 119 Å². The second-order valence-electron chi connectivity index (χ2n) is 5.60. The topological polar surface area (TPSA) is 24.5 Å². The molecule has 1 N–H and O–H groups in total. The van der Waals surface area contributed by atoms with Crippen LogP contribution in [0.5, 0.6) is 0 Å². The van der Waals surface area contributed by atoms with Gasteiger partial charge in [0.15, 0.2) is 0 Å². The predicted octanol–water partition coefficient (Wildman–Crippen LogP) is 2.44. The number of hydrogen-bond donors (Lipinski definition) is 1. The zero-order valence-corrected chi connectivity index (χ0v) is 12.5. The van der Waals surface area contributed by atoms with Crippen molar-refractivity contribution in [2.45, 2.75) is 38.3 Å². The van der Waals surface area contributed by atoms with Gasteiger partial charge in [-0.3, -0.25) is 4.90 Å². The first-order chi connectivity index (χ1) is 9.34. The average Bonchev–Trinajstić information content (AvgIpc) is 3.08. The van der Waals surface area contributed by atoms with E-state index in [4.69, 9.17) is 4.74 Å². The van der Waals surface area contributed by atoms with Gasteiger partial charge in [0.25, 0.3) is 0 Å². The van der Waals surface area contributed by atoms with Crippen molar-refractivity contribution >= 4 is 11.3 Å². The maximum absolute atomic E-state index is 5.63. The molecular formula is C15H24N2OS. The largest absolute Gasteiger partial charge is 0.377 e. The van der Waals surface area contributed by atoms with Crippen LogP contribution in [0.3, 0.4) is 0 Å². The van der Waals surface area contributed by atoms with E-state index in [-0.39, 0.29) is 0 Å². The second kappa shape index (κ2) is 6.35. The van der Waals surface area contributed by atoms with E-state index in [2.05, 4.69) is 28.6 Å². The van der Waals surface area contributed by atoms with Crippen LogP contribution < -0.4 is 5.32 Å². The number of nitrogens with zero attached hydrogens (tertiary/aromatic N) is 1. The molecule has 0 aliphatic carbocycles. The van der Waals surface area contributed by atoms with Gasteiger partial charge in [0.1, 0.15) is 0 Å². The van der Waals surface area contributed by atoms with E-state index >= 15 is 0 Å². The summed E-state index contributed by atoms with van der Waals surface area (Å²) in [6.07, 6.45) is 4.15. The molecule has 2 aliphatic rings. The van der Waals surface area contributed by atoms with Gasteiger partial charge in [-0.15, -0.1) is 11.3 Å². The molecule has 3 nitrogen and oxygen atoms in total. The zero-order valence-electron chi connectivity index (χ0n) is 11.7. The fourth-order valence-corrected chi connectivity index (χ4v) is 4.12. The number of ether oxygens (including phenoxy) is 1. The molecule has 1 fully saturated rings. The van der Waals surface area contributed by atoms with Crippen LogP contribution in [-0.4, -0.2) is 43.8 Å². The van der Waals surface area contributed by atoms with Crippen molar-refractivity contribution in [3.05, 3.63) is 21.9 Å². The molecule has 106 valence electrons. The molecule has 0 aromatic carbocycles. The second-order valence-corrected chi connectivity index (χ2v) is 6.60. The molecule has 2 atom stereocenters. The lowest BCUT2D eigenvalue weighted by Gasteiger charge is -2.33. The van der Waals surface area contributed by atoms with Gasteiger partial charge in [0.05, 0.1) is 6.10 Å². The first-order valence-electron chi connectivity index (χ1n) is 7.47. The van der Waals surface area contributed by atoms with Gasteiger partial charge in [0.2, 0.25) is 0 Å². The smallest absolute Gasteiger partial charge is 0.0700 e. The molecule has 2 unspecified atom stereocenters. The summed E-state index contributed by atoms with van der Waals surface area (Å²) in [5.41, 5.74) is 1.55. The maximum atomic E-state index is 5.63. The molecule has 19 heavy (non-hydrogen) atoms. The molecule has 3 heterocycles. The number of fused-ring (bicyclic) bond motifs is 1. The van der Waals surface area contributed by atoms with Crippen LogP contribution in [0.15, 0.2) is 11.4 Å². The molecule has 0 bridgehead atoms. The first-order valence-corrected chi connectivity index (χ1v) is 8.35. The molecule has 1 aromatic heterocycles. The van der Waals surface area contributed by atoms with Crippen molar-refractivity contribution in [1.82, 2.24) is 10.2 Å². The van der Waals surface area contributed by atoms with Gasteiger partial charge in [0, 0.05) is 43.7 Å². The lowest BCUT2D eigenvalue weighted by atomic mass is 10.0. The molecule has 0 amide bonds. The Morgan fingerprint density at radius 2 is 2.47 bits per heavy atom. The quantitative estimate of drug-likeness (QED) is 0.839. The third-order valence-corrected chi connectivity index (χ3v) is 5.37. The van der Waals surface area contributed by atoms with Crippen LogP contribution >= 0.6 is 11.3 Å². The van der Waals surface area contributed by atoms with Crippen LogP contribution in [0.2, 0.25) is 0 Å². The number of nitrogens with one attached hydrogen (secondary N) is 1. The van der Waals surface area contributed by atoms with Gasteiger partial charge in [-0.1, -0.05) is 0 Å². The van der Waals surface area contributed by atoms with Gasteiger partial charge >= 0.3 is 0 Å². The van der Waals surface area contributed by atoms with Crippen molar-refractivity contribution in [2.24, 2.45) is 0 Å². The van der Waals surface area contributed by atoms with Crippen LogP contribution in [0.1, 0.15) is 36.2 Å². The van der Waals surface area contributed by atoms with Crippen LogP contribution in [-0.2, 0) is 11.2 Å². The first kappa shape index (κ1) is 13.6. The highest BCUT2D eigenvalue weighted by Gasteiger charge is 2.24. The Balaban J connectivity index is 1.41. The van der Waals surface area contributed by atoms with Crippen molar-refractivity contribution in [3.63, 3.8) is 0 Å². The minimum atomic E-state index is 0.460. The highest BCUT2D eigenvalue weighted by molar-refractivity contribution is 7.10. The van der Waals surface area contributed by atoms with E-state index < -0.39 is 0 Å². The molecule has 2 aliphatic heterocycles. The summed E-state index contributed by atoms with van der Waals surface area (Å²) in [5.74, 6) is 0. The van der Waals surface area contributed by atoms with E-state index in [0.717, 1.165) is 26.2 Å². The Bertz CT molecular complexity index is 401. The Morgan fingerprint density at radius 3 is 3.32 bits per heavy atom. The fourth-order valence-electron chi connectivity index (χ4n) is 3.16. The summed E-state index contributed by atoms with van der Waals surface area (Å²) in [5, 5.41) is 5.79. The highest BCUT2D eigenvalue weighted by Crippen LogP contribution is 2.32. The number of hydrogen-bond acceptors (Lipinski definition) is 4. The summed E-state index contributed by atoms with van der Waals surface area (Å²) in [7, 11) is 0. The zero-order chi connectivity index (χ0) is 13.1. The van der Waals surface area contributed by atoms with Crippen LogP contribution in [0.25, 0.3) is 0 Å². The third kappa shape index (κ3) is 3.19. The van der Waals surface area contributed by atoms with Crippen molar-refractivity contribution in [3.8, 4) is 0 Å². The molecule has 4 heteroatoms. The Hall–Kier alpha value is -0.420. The lowest BCUT2D eigenvalue weighted by molar-refractivity contribution is 0.108. The van der Waals surface area contributed by atoms with E-state index in [9.17, 15) is 0 Å². The Kier molecular flexibility index (Phi) is 4.53. The molecule has 1 saturated heterocycles. The highest BCUT2D eigenvalue weighted by atomic mass is 32.1. The normalized spacial score (nSPS) is 27.6. The molecular weight excluding hydrogens is 256 g/mol. The van der Waals surface area contributed by atoms with Gasteiger partial charge < -0.3 is 10.1 Å². The summed E-state index contributed by atoms with van der Waals surface area (Å²) < 4.78 is 5.63. The minimum Gasteiger partial charge on any atom is -0.377 e. The van der Waals surface area contributed by atoms with Gasteiger partial charge in [-0.05, 0) is 43.2 Å². The standard InChI is InChI=1S/C15H24N2OS/c1-12-14-5-10-19-15(14)4-7-17(12)8-6-16-11-13-3-2-9-18-13/h5,10,12-13,16H,2-4,6-9,11H2,1H3. The molecule has 0 saturated carbocycles. The molecule has 3 rings (SSSR count). The molecule has 0 spiro atoms. The number of rotatable bonds is 5. The van der Waals surface area contributed by atoms with Crippen molar-refractivity contribution in [1.29, 1.82) is 0 Å². The van der Waals surface area contributed by atoms with Crippen LogP contribution in [0, 0.1) is 0 Å². The predicted molar refractivity (Wildman–Crippen MR) is 79.9 cm³/mol. The summed E-state index contributed by atoms with van der Waals surface area (Å²) in [4.78, 5) is 4.19. The average molecular weight is 280 g/mol. The van der Waals surface area contributed by atoms with Gasteiger partial charge in [-0.25, -0.2) is 0 Å². The molecule has 1 aromatic rings. The van der Waals surface area contributed by atoms with Gasteiger partial charge in [-0.2, -0.15) is 0 Å². The van der Waals surface area contributed by atoms with E-state index in [1.165, 1.54) is 25.8 Å². The van der Waals surface area contributed by atoms with E-state index in [0.29, 0.717) is 12.1 Å². The Morgan fingerprint density at radius 1 is 1.53 bits per heavy atom. The van der Waals surface area contributed by atoms with E-state index in [1.807, 2.05) is 11.3 Å². The summed E-state index contributed by atoms with van der Waals surface area (Å²) >= 11 is 1.92. The minimum absolute atomic E-state index is 0.460. The lowest BCUT2D eigenvalue weighted by Crippen LogP contribution is -2.39. The monoisotopic (exact) mass is 280 g/mol. The van der Waals surface area contributed by atoms with Crippen LogP contribution in [0.4, 0.5) is 0 Å². The SMILES string of the molecule is CC1c2ccsc2CCN1CCNCC1CCCO1. The summed E-state index contributed by atoms with van der Waals surface area (Å²) in [6.45, 7) is 7.73. The molecule has 0 radical (unpaired) electrons. The van der Waals surface area contributed by atoms with Crippen molar-refractivity contribution < 1.29 is 4.74 Å².